The predicted molar refractivity (Wildman–Crippen MR) is 77.2 cm³/mol. The molecular weight excluding hydrogens is 285 g/mol. The van der Waals surface area contributed by atoms with Gasteiger partial charge in [0.15, 0.2) is 0 Å². The highest BCUT2D eigenvalue weighted by Crippen LogP contribution is 2.24. The number of anilines is 1. The van der Waals surface area contributed by atoms with E-state index in [-0.39, 0.29) is 16.7 Å². The average molecular weight is 296 g/mol. The lowest BCUT2D eigenvalue weighted by Crippen LogP contribution is -2.13. The van der Waals surface area contributed by atoms with E-state index in [1.165, 1.54) is 23.9 Å². The second-order valence-electron chi connectivity index (χ2n) is 3.78. The van der Waals surface area contributed by atoms with Crippen LogP contribution in [0.5, 0.6) is 0 Å². The van der Waals surface area contributed by atoms with Crippen LogP contribution in [0.4, 0.5) is 10.1 Å². The number of halogens is 2. The molecule has 2 nitrogen and oxygen atoms in total. The molecule has 1 amide bonds. The van der Waals surface area contributed by atoms with Gasteiger partial charge in [-0.1, -0.05) is 29.8 Å². The standard InChI is InChI=1S/C14H11ClFNOS/c15-12-8-11(6-7-13(12)16)19-9-14(18)17-10-4-2-1-3-5-10/h1-8H,9H2,(H,17,18). The molecule has 0 bridgehead atoms. The Morgan fingerprint density at radius 2 is 1.95 bits per heavy atom. The van der Waals surface area contributed by atoms with Crippen molar-refractivity contribution in [3.8, 4) is 0 Å². The third-order valence-electron chi connectivity index (χ3n) is 2.32. The molecule has 19 heavy (non-hydrogen) atoms. The minimum atomic E-state index is -0.459. The number of benzene rings is 2. The Balaban J connectivity index is 1.88. The van der Waals surface area contributed by atoms with Gasteiger partial charge in [-0.25, -0.2) is 4.39 Å². The minimum Gasteiger partial charge on any atom is -0.325 e. The van der Waals surface area contributed by atoms with Crippen LogP contribution >= 0.6 is 23.4 Å². The number of para-hydroxylation sites is 1. The summed E-state index contributed by atoms with van der Waals surface area (Å²) in [4.78, 5) is 12.5. The van der Waals surface area contributed by atoms with E-state index < -0.39 is 5.82 Å². The van der Waals surface area contributed by atoms with Crippen LogP contribution in [0.3, 0.4) is 0 Å². The van der Waals surface area contributed by atoms with Gasteiger partial charge in [-0.15, -0.1) is 11.8 Å². The zero-order valence-corrected chi connectivity index (χ0v) is 11.5. The van der Waals surface area contributed by atoms with Gasteiger partial charge in [-0.2, -0.15) is 0 Å². The molecule has 0 atom stereocenters. The molecular formula is C14H11ClFNOS. The normalized spacial score (nSPS) is 10.2. The van der Waals surface area contributed by atoms with E-state index in [1.807, 2.05) is 30.3 Å². The van der Waals surface area contributed by atoms with Crippen molar-refractivity contribution < 1.29 is 9.18 Å². The molecule has 0 heterocycles. The molecule has 0 aliphatic heterocycles. The molecule has 0 aromatic heterocycles. The van der Waals surface area contributed by atoms with Gasteiger partial charge in [-0.3, -0.25) is 4.79 Å². The highest BCUT2D eigenvalue weighted by atomic mass is 35.5. The molecule has 2 aromatic carbocycles. The van der Waals surface area contributed by atoms with Crippen LogP contribution in [0.15, 0.2) is 53.4 Å². The van der Waals surface area contributed by atoms with Gasteiger partial charge in [0.05, 0.1) is 10.8 Å². The number of hydrogen-bond donors (Lipinski definition) is 1. The van der Waals surface area contributed by atoms with Crippen LogP contribution in [0.2, 0.25) is 5.02 Å². The molecule has 98 valence electrons. The third kappa shape index (κ3) is 4.26. The summed E-state index contributed by atoms with van der Waals surface area (Å²) in [5.74, 6) is -0.326. The van der Waals surface area contributed by atoms with Crippen molar-refractivity contribution in [1.82, 2.24) is 0 Å². The fourth-order valence-electron chi connectivity index (χ4n) is 1.43. The van der Waals surface area contributed by atoms with Crippen molar-refractivity contribution >= 4 is 35.0 Å². The SMILES string of the molecule is O=C(CSc1ccc(F)c(Cl)c1)Nc1ccccc1. The number of rotatable bonds is 4. The van der Waals surface area contributed by atoms with Crippen LogP contribution < -0.4 is 5.32 Å². The first-order valence-electron chi connectivity index (χ1n) is 5.58. The van der Waals surface area contributed by atoms with E-state index in [0.717, 1.165) is 10.6 Å². The first kappa shape index (κ1) is 13.9. The van der Waals surface area contributed by atoms with Crippen molar-refractivity contribution in [2.45, 2.75) is 4.90 Å². The summed E-state index contributed by atoms with van der Waals surface area (Å²) in [7, 11) is 0. The summed E-state index contributed by atoms with van der Waals surface area (Å²) in [5.41, 5.74) is 0.755. The Labute approximate surface area is 120 Å². The first-order chi connectivity index (χ1) is 9.15. The second kappa shape index (κ2) is 6.59. The number of hydrogen-bond acceptors (Lipinski definition) is 2. The van der Waals surface area contributed by atoms with Gasteiger partial charge in [0.2, 0.25) is 5.91 Å². The zero-order chi connectivity index (χ0) is 13.7. The Morgan fingerprint density at radius 3 is 2.63 bits per heavy atom. The summed E-state index contributed by atoms with van der Waals surface area (Å²) < 4.78 is 13.0. The van der Waals surface area contributed by atoms with E-state index >= 15 is 0 Å². The Bertz CT molecular complexity index is 577. The van der Waals surface area contributed by atoms with Crippen molar-refractivity contribution in [2.24, 2.45) is 0 Å². The zero-order valence-electron chi connectivity index (χ0n) is 9.90. The summed E-state index contributed by atoms with van der Waals surface area (Å²) in [6, 6.07) is 13.6. The van der Waals surface area contributed by atoms with E-state index in [9.17, 15) is 9.18 Å². The van der Waals surface area contributed by atoms with Crippen molar-refractivity contribution in [1.29, 1.82) is 0 Å². The molecule has 0 radical (unpaired) electrons. The van der Waals surface area contributed by atoms with Crippen LogP contribution in [0, 0.1) is 5.82 Å². The highest BCUT2D eigenvalue weighted by molar-refractivity contribution is 8.00. The van der Waals surface area contributed by atoms with Gasteiger partial charge in [0.25, 0.3) is 0 Å². The Morgan fingerprint density at radius 1 is 1.21 bits per heavy atom. The molecule has 0 spiro atoms. The van der Waals surface area contributed by atoms with Gasteiger partial charge in [0.1, 0.15) is 5.82 Å². The second-order valence-corrected chi connectivity index (χ2v) is 5.23. The summed E-state index contributed by atoms with van der Waals surface area (Å²) >= 11 is 6.98. The fraction of sp³-hybridized carbons (Fsp3) is 0.0714. The van der Waals surface area contributed by atoms with E-state index in [2.05, 4.69) is 5.32 Å². The van der Waals surface area contributed by atoms with Crippen molar-refractivity contribution in [3.05, 3.63) is 59.4 Å². The molecule has 0 aliphatic carbocycles. The van der Waals surface area contributed by atoms with Gasteiger partial charge >= 0.3 is 0 Å². The summed E-state index contributed by atoms with van der Waals surface area (Å²) in [6.07, 6.45) is 0. The molecule has 1 N–H and O–H groups in total. The molecule has 0 saturated carbocycles. The number of carbonyl (C=O) groups is 1. The fourth-order valence-corrected chi connectivity index (χ4v) is 2.41. The Kier molecular flexibility index (Phi) is 4.82. The van der Waals surface area contributed by atoms with Gasteiger partial charge in [-0.05, 0) is 30.3 Å². The van der Waals surface area contributed by atoms with Gasteiger partial charge in [0, 0.05) is 10.6 Å². The number of thioether (sulfide) groups is 1. The van der Waals surface area contributed by atoms with E-state index in [1.54, 1.807) is 6.07 Å². The number of amides is 1. The van der Waals surface area contributed by atoms with E-state index in [0.29, 0.717) is 0 Å². The summed E-state index contributed by atoms with van der Waals surface area (Å²) in [6.45, 7) is 0. The molecule has 2 aromatic rings. The molecule has 0 aliphatic rings. The van der Waals surface area contributed by atoms with Crippen molar-refractivity contribution in [2.75, 3.05) is 11.1 Å². The maximum absolute atomic E-state index is 13.0. The minimum absolute atomic E-state index is 0.0634. The lowest BCUT2D eigenvalue weighted by Gasteiger charge is -2.05. The topological polar surface area (TPSA) is 29.1 Å². The molecule has 2 rings (SSSR count). The number of carbonyl (C=O) groups excluding carboxylic acids is 1. The lowest BCUT2D eigenvalue weighted by atomic mass is 10.3. The Hall–Kier alpha value is -1.52. The van der Waals surface area contributed by atoms with Crippen molar-refractivity contribution in [3.63, 3.8) is 0 Å². The average Bonchev–Trinajstić information content (AvgIpc) is 2.41. The smallest absolute Gasteiger partial charge is 0.234 e. The maximum Gasteiger partial charge on any atom is 0.234 e. The maximum atomic E-state index is 13.0. The largest absolute Gasteiger partial charge is 0.325 e. The van der Waals surface area contributed by atoms with Crippen LogP contribution in [-0.4, -0.2) is 11.7 Å². The van der Waals surface area contributed by atoms with Gasteiger partial charge < -0.3 is 5.32 Å². The monoisotopic (exact) mass is 295 g/mol. The molecule has 0 unspecified atom stereocenters. The third-order valence-corrected chi connectivity index (χ3v) is 3.60. The van der Waals surface area contributed by atoms with Crippen LogP contribution in [0.25, 0.3) is 0 Å². The lowest BCUT2D eigenvalue weighted by molar-refractivity contribution is -0.113. The van der Waals surface area contributed by atoms with Crippen LogP contribution in [-0.2, 0) is 4.79 Å². The highest BCUT2D eigenvalue weighted by Gasteiger charge is 2.05. The quantitative estimate of drug-likeness (QED) is 0.856. The first-order valence-corrected chi connectivity index (χ1v) is 6.94. The summed E-state index contributed by atoms with van der Waals surface area (Å²) in [5, 5.41) is 2.83. The molecule has 5 heteroatoms. The molecule has 0 saturated heterocycles. The van der Waals surface area contributed by atoms with E-state index in [4.69, 9.17) is 11.6 Å². The predicted octanol–water partition coefficient (Wildman–Crippen LogP) is 4.21. The number of nitrogens with one attached hydrogen (secondary N) is 1. The molecule has 0 fully saturated rings. The van der Waals surface area contributed by atoms with Crippen LogP contribution in [0.1, 0.15) is 0 Å².